The average Bonchev–Trinajstić information content (AvgIpc) is 2.28. The highest BCUT2D eigenvalue weighted by atomic mass is 35.5. The van der Waals surface area contributed by atoms with Crippen LogP contribution in [0.2, 0.25) is 0 Å². The van der Waals surface area contributed by atoms with Crippen molar-refractivity contribution in [3.63, 3.8) is 0 Å². The summed E-state index contributed by atoms with van der Waals surface area (Å²) in [7, 11) is 0. The molecule has 0 heterocycles. The van der Waals surface area contributed by atoms with Gasteiger partial charge in [0.25, 0.3) is 0 Å². The number of rotatable bonds is 5. The molecule has 0 atom stereocenters. The third-order valence-electron chi connectivity index (χ3n) is 2.06. The number of aryl methyl sites for hydroxylation is 1. The van der Waals surface area contributed by atoms with Gasteiger partial charge in [-0.25, -0.2) is 4.79 Å². The Hall–Kier alpha value is -1.22. The molecule has 88 valence electrons. The van der Waals surface area contributed by atoms with Crippen molar-refractivity contribution in [3.05, 3.63) is 29.8 Å². The summed E-state index contributed by atoms with van der Waals surface area (Å²) >= 11 is 5.51. The number of amides is 1. The smallest absolute Gasteiger partial charge is 0.411 e. The summed E-state index contributed by atoms with van der Waals surface area (Å²) in [6.07, 6.45) is 1.24. The first-order valence-corrected chi connectivity index (χ1v) is 5.82. The van der Waals surface area contributed by atoms with Crippen LogP contribution < -0.4 is 5.32 Å². The third kappa shape index (κ3) is 5.03. The average molecular weight is 242 g/mol. The van der Waals surface area contributed by atoms with Crippen LogP contribution in [-0.2, 0) is 4.74 Å². The van der Waals surface area contributed by atoms with E-state index in [1.165, 1.54) is 0 Å². The maximum Gasteiger partial charge on any atom is 0.411 e. The Morgan fingerprint density at radius 1 is 1.31 bits per heavy atom. The lowest BCUT2D eigenvalue weighted by molar-refractivity contribution is 0.160. The molecule has 0 saturated carbocycles. The van der Waals surface area contributed by atoms with Crippen LogP contribution in [-0.4, -0.2) is 18.6 Å². The molecule has 1 aromatic rings. The van der Waals surface area contributed by atoms with Crippen molar-refractivity contribution in [3.8, 4) is 0 Å². The van der Waals surface area contributed by atoms with Gasteiger partial charge in [0.1, 0.15) is 0 Å². The molecule has 0 bridgehead atoms. The fourth-order valence-corrected chi connectivity index (χ4v) is 1.34. The summed E-state index contributed by atoms with van der Waals surface area (Å²) in [5, 5.41) is 2.65. The van der Waals surface area contributed by atoms with Crippen molar-refractivity contribution < 1.29 is 9.53 Å². The van der Waals surface area contributed by atoms with Gasteiger partial charge in [0.05, 0.1) is 6.61 Å². The minimum absolute atomic E-state index is 0.407. The number of nitrogens with one attached hydrogen (secondary N) is 1. The summed E-state index contributed by atoms with van der Waals surface area (Å²) in [6, 6.07) is 7.55. The van der Waals surface area contributed by atoms with Gasteiger partial charge in [0.15, 0.2) is 0 Å². The molecule has 0 spiro atoms. The molecule has 3 nitrogen and oxygen atoms in total. The van der Waals surface area contributed by atoms with Crippen LogP contribution in [0, 0.1) is 6.92 Å². The van der Waals surface area contributed by atoms with Crippen molar-refractivity contribution in [2.24, 2.45) is 0 Å². The molecule has 1 rings (SSSR count). The van der Waals surface area contributed by atoms with E-state index in [4.69, 9.17) is 16.3 Å². The van der Waals surface area contributed by atoms with Crippen LogP contribution in [0.4, 0.5) is 10.5 Å². The molecular formula is C12H16ClNO2. The number of hydrogen-bond acceptors (Lipinski definition) is 2. The van der Waals surface area contributed by atoms with Gasteiger partial charge in [-0.05, 0) is 31.9 Å². The first kappa shape index (κ1) is 12.8. The molecule has 1 amide bonds. The summed E-state index contributed by atoms with van der Waals surface area (Å²) < 4.78 is 4.97. The minimum Gasteiger partial charge on any atom is -0.449 e. The number of carbonyl (C=O) groups excluding carboxylic acids is 1. The quantitative estimate of drug-likeness (QED) is 0.632. The van der Waals surface area contributed by atoms with E-state index in [2.05, 4.69) is 5.32 Å². The first-order valence-electron chi connectivity index (χ1n) is 5.29. The number of carbonyl (C=O) groups is 1. The fourth-order valence-electron chi connectivity index (χ4n) is 1.15. The van der Waals surface area contributed by atoms with Gasteiger partial charge in [-0.15, -0.1) is 11.6 Å². The molecule has 16 heavy (non-hydrogen) atoms. The van der Waals surface area contributed by atoms with Gasteiger partial charge in [-0.3, -0.25) is 5.32 Å². The Kier molecular flexibility index (Phi) is 5.72. The number of benzene rings is 1. The highest BCUT2D eigenvalue weighted by Crippen LogP contribution is 2.08. The predicted octanol–water partition coefficient (Wildman–Crippen LogP) is 3.56. The maximum atomic E-state index is 11.3. The van der Waals surface area contributed by atoms with E-state index >= 15 is 0 Å². The molecule has 1 N–H and O–H groups in total. The van der Waals surface area contributed by atoms with E-state index < -0.39 is 6.09 Å². The number of halogens is 1. The van der Waals surface area contributed by atoms with Gasteiger partial charge in [0, 0.05) is 11.6 Å². The molecule has 0 unspecified atom stereocenters. The normalized spacial score (nSPS) is 9.88. The van der Waals surface area contributed by atoms with E-state index in [9.17, 15) is 4.79 Å². The Balaban J connectivity index is 2.26. The Morgan fingerprint density at radius 2 is 2.00 bits per heavy atom. The zero-order valence-corrected chi connectivity index (χ0v) is 10.1. The first-order chi connectivity index (χ1) is 7.72. The van der Waals surface area contributed by atoms with E-state index in [0.717, 1.165) is 24.1 Å². The molecule has 4 heteroatoms. The van der Waals surface area contributed by atoms with Crippen LogP contribution in [0.1, 0.15) is 18.4 Å². The molecule has 1 aromatic carbocycles. The van der Waals surface area contributed by atoms with Gasteiger partial charge in [-0.2, -0.15) is 0 Å². The van der Waals surface area contributed by atoms with E-state index in [0.29, 0.717) is 12.5 Å². The van der Waals surface area contributed by atoms with Gasteiger partial charge in [-0.1, -0.05) is 17.7 Å². The van der Waals surface area contributed by atoms with Crippen molar-refractivity contribution in [2.45, 2.75) is 19.8 Å². The molecule has 0 fully saturated rings. The van der Waals surface area contributed by atoms with Crippen molar-refractivity contribution in [1.29, 1.82) is 0 Å². The topological polar surface area (TPSA) is 38.3 Å². The second-order valence-corrected chi connectivity index (χ2v) is 3.90. The van der Waals surface area contributed by atoms with E-state index in [1.54, 1.807) is 0 Å². The Morgan fingerprint density at radius 3 is 2.62 bits per heavy atom. The van der Waals surface area contributed by atoms with Crippen molar-refractivity contribution in [2.75, 3.05) is 17.8 Å². The standard InChI is InChI=1S/C12H16ClNO2/c1-10-4-6-11(7-5-10)14-12(15)16-9-3-2-8-13/h4-7H,2-3,8-9H2,1H3,(H,14,15). The lowest BCUT2D eigenvalue weighted by atomic mass is 10.2. The highest BCUT2D eigenvalue weighted by molar-refractivity contribution is 6.17. The van der Waals surface area contributed by atoms with Crippen LogP contribution in [0.15, 0.2) is 24.3 Å². The summed E-state index contributed by atoms with van der Waals surface area (Å²) in [4.78, 5) is 11.3. The predicted molar refractivity (Wildman–Crippen MR) is 66.1 cm³/mol. The molecule has 0 aliphatic rings. The van der Waals surface area contributed by atoms with Crippen LogP contribution >= 0.6 is 11.6 Å². The van der Waals surface area contributed by atoms with Gasteiger partial charge >= 0.3 is 6.09 Å². The third-order valence-corrected chi connectivity index (χ3v) is 2.33. The van der Waals surface area contributed by atoms with Gasteiger partial charge in [0.2, 0.25) is 0 Å². The highest BCUT2D eigenvalue weighted by Gasteiger charge is 2.01. The molecule has 0 aromatic heterocycles. The summed E-state index contributed by atoms with van der Waals surface area (Å²) in [5.41, 5.74) is 1.90. The molecule has 0 aliphatic heterocycles. The Labute approximate surface area is 101 Å². The fraction of sp³-hybridized carbons (Fsp3) is 0.417. The van der Waals surface area contributed by atoms with Crippen LogP contribution in [0.25, 0.3) is 0 Å². The van der Waals surface area contributed by atoms with Crippen molar-refractivity contribution in [1.82, 2.24) is 0 Å². The number of anilines is 1. The van der Waals surface area contributed by atoms with Crippen LogP contribution in [0.3, 0.4) is 0 Å². The number of ether oxygens (including phenoxy) is 1. The second kappa shape index (κ2) is 7.12. The minimum atomic E-state index is -0.418. The molecular weight excluding hydrogens is 226 g/mol. The van der Waals surface area contributed by atoms with Crippen LogP contribution in [0.5, 0.6) is 0 Å². The Bertz CT molecular complexity index is 324. The van der Waals surface area contributed by atoms with Crippen molar-refractivity contribution >= 4 is 23.4 Å². The van der Waals surface area contributed by atoms with E-state index in [-0.39, 0.29) is 0 Å². The maximum absolute atomic E-state index is 11.3. The number of alkyl halides is 1. The second-order valence-electron chi connectivity index (χ2n) is 3.52. The lowest BCUT2D eigenvalue weighted by Gasteiger charge is -2.06. The number of unbranched alkanes of at least 4 members (excludes halogenated alkanes) is 1. The van der Waals surface area contributed by atoms with E-state index in [1.807, 2.05) is 31.2 Å². The SMILES string of the molecule is Cc1ccc(NC(=O)OCCCCCl)cc1. The summed E-state index contributed by atoms with van der Waals surface area (Å²) in [5.74, 6) is 0.600. The zero-order chi connectivity index (χ0) is 11.8. The molecule has 0 saturated heterocycles. The number of hydrogen-bond donors (Lipinski definition) is 1. The molecule has 0 radical (unpaired) electrons. The van der Waals surface area contributed by atoms with Gasteiger partial charge < -0.3 is 4.74 Å². The zero-order valence-electron chi connectivity index (χ0n) is 9.33. The monoisotopic (exact) mass is 241 g/mol. The largest absolute Gasteiger partial charge is 0.449 e. The lowest BCUT2D eigenvalue weighted by Crippen LogP contribution is -2.14. The summed E-state index contributed by atoms with van der Waals surface area (Å²) in [6.45, 7) is 2.40. The molecule has 0 aliphatic carbocycles.